The average Bonchev–Trinajstić information content (AvgIpc) is 2.48. The van der Waals surface area contributed by atoms with Gasteiger partial charge in [0.2, 0.25) is 15.8 Å². The van der Waals surface area contributed by atoms with Crippen molar-refractivity contribution in [2.75, 3.05) is 0 Å². The van der Waals surface area contributed by atoms with E-state index >= 15 is 4.39 Å². The Bertz CT molecular complexity index is 750. The van der Waals surface area contributed by atoms with Crippen LogP contribution in [-0.4, -0.2) is 19.5 Å². The maximum atomic E-state index is 15.1. The summed E-state index contributed by atoms with van der Waals surface area (Å²) in [5.41, 5.74) is -0.0723. The lowest BCUT2D eigenvalue weighted by atomic mass is 10.0. The molecule has 0 saturated heterocycles. The Hall–Kier alpha value is -2.25. The summed E-state index contributed by atoms with van der Waals surface area (Å²) in [5.74, 6) is -4.19. The number of sulfonamides is 1. The maximum Gasteiger partial charge on any atom is 0.308 e. The summed E-state index contributed by atoms with van der Waals surface area (Å²) in [6.45, 7) is 0. The number of carbonyl (C=O) groups is 1. The molecule has 0 amide bonds. The number of nitrogens with one attached hydrogen (secondary N) is 1. The Labute approximate surface area is 127 Å². The fourth-order valence-electron chi connectivity index (χ4n) is 1.98. The second-order valence-corrected chi connectivity index (χ2v) is 6.34. The molecule has 116 valence electrons. The van der Waals surface area contributed by atoms with Gasteiger partial charge in [-0.15, -0.1) is 0 Å². The Balaban J connectivity index is 2.42. The molecule has 0 fully saturated rings. The third-order valence-electron chi connectivity index (χ3n) is 2.98. The molecule has 0 aliphatic heterocycles. The zero-order chi connectivity index (χ0) is 16.2. The zero-order valence-electron chi connectivity index (χ0n) is 11.4. The lowest BCUT2D eigenvalue weighted by Crippen LogP contribution is -2.43. The molecule has 0 bridgehead atoms. The molecule has 2 aromatic carbocycles. The molecule has 22 heavy (non-hydrogen) atoms. The number of carboxylic acid groups (broad SMARTS) is 1. The summed E-state index contributed by atoms with van der Waals surface area (Å²) >= 11 is 0. The van der Waals surface area contributed by atoms with E-state index in [0.29, 0.717) is 0 Å². The van der Waals surface area contributed by atoms with Gasteiger partial charge in [0.15, 0.2) is 0 Å². The Kier molecular flexibility index (Phi) is 4.58. The molecule has 0 spiro atoms. The number of halogens is 1. The first-order valence-electron chi connectivity index (χ1n) is 6.39. The minimum absolute atomic E-state index is 0.0723. The van der Waals surface area contributed by atoms with Crippen LogP contribution in [0.15, 0.2) is 65.6 Å². The van der Waals surface area contributed by atoms with E-state index in [1.807, 2.05) is 4.72 Å². The van der Waals surface area contributed by atoms with Crippen LogP contribution in [0.1, 0.15) is 12.0 Å². The Morgan fingerprint density at radius 3 is 2.05 bits per heavy atom. The molecule has 1 unspecified atom stereocenters. The molecule has 2 aromatic rings. The van der Waals surface area contributed by atoms with Gasteiger partial charge in [-0.05, 0) is 12.1 Å². The smallest absolute Gasteiger partial charge is 0.308 e. The zero-order valence-corrected chi connectivity index (χ0v) is 12.3. The van der Waals surface area contributed by atoms with Crippen molar-refractivity contribution in [2.45, 2.75) is 17.1 Å². The van der Waals surface area contributed by atoms with Crippen molar-refractivity contribution in [2.24, 2.45) is 0 Å². The molecular weight excluding hydrogens is 309 g/mol. The molecular formula is C15H14FNO4S. The maximum absolute atomic E-state index is 15.1. The van der Waals surface area contributed by atoms with Crippen LogP contribution >= 0.6 is 0 Å². The summed E-state index contributed by atoms with van der Waals surface area (Å²) in [5, 5.41) is 8.90. The predicted molar refractivity (Wildman–Crippen MR) is 78.2 cm³/mol. The number of aliphatic carboxylic acids is 1. The number of carboxylic acids is 1. The lowest BCUT2D eigenvalue weighted by molar-refractivity contribution is -0.140. The van der Waals surface area contributed by atoms with Gasteiger partial charge in [0, 0.05) is 5.56 Å². The van der Waals surface area contributed by atoms with Crippen LogP contribution < -0.4 is 4.72 Å². The van der Waals surface area contributed by atoms with E-state index < -0.39 is 28.2 Å². The molecule has 0 saturated carbocycles. The van der Waals surface area contributed by atoms with Gasteiger partial charge in [0.25, 0.3) is 0 Å². The van der Waals surface area contributed by atoms with Gasteiger partial charge < -0.3 is 5.11 Å². The first-order valence-corrected chi connectivity index (χ1v) is 7.87. The van der Waals surface area contributed by atoms with Crippen LogP contribution in [0.5, 0.6) is 0 Å². The first kappa shape index (κ1) is 16.1. The van der Waals surface area contributed by atoms with Gasteiger partial charge in [-0.1, -0.05) is 48.5 Å². The highest BCUT2D eigenvalue weighted by atomic mass is 32.2. The minimum atomic E-state index is -4.20. The van der Waals surface area contributed by atoms with E-state index in [4.69, 9.17) is 5.11 Å². The minimum Gasteiger partial charge on any atom is -0.481 e. The van der Waals surface area contributed by atoms with Crippen LogP contribution in [0, 0.1) is 0 Å². The molecule has 2 rings (SSSR count). The Morgan fingerprint density at radius 2 is 1.55 bits per heavy atom. The third-order valence-corrected chi connectivity index (χ3v) is 4.46. The Morgan fingerprint density at radius 1 is 1.05 bits per heavy atom. The molecule has 0 heterocycles. The fraction of sp³-hybridized carbons (Fsp3) is 0.133. The highest BCUT2D eigenvalue weighted by Gasteiger charge is 2.39. The summed E-state index contributed by atoms with van der Waals surface area (Å²) < 4.78 is 41.5. The molecule has 0 radical (unpaired) electrons. The van der Waals surface area contributed by atoms with Crippen molar-refractivity contribution in [1.29, 1.82) is 0 Å². The number of hydrogen-bond donors (Lipinski definition) is 2. The summed E-state index contributed by atoms with van der Waals surface area (Å²) in [4.78, 5) is 10.8. The molecule has 0 aliphatic carbocycles. The van der Waals surface area contributed by atoms with Crippen LogP contribution in [0.3, 0.4) is 0 Å². The van der Waals surface area contributed by atoms with E-state index in [1.54, 1.807) is 12.1 Å². The largest absolute Gasteiger partial charge is 0.481 e. The first-order chi connectivity index (χ1) is 10.3. The van der Waals surface area contributed by atoms with E-state index in [2.05, 4.69) is 0 Å². The summed E-state index contributed by atoms with van der Waals surface area (Å²) in [6, 6.07) is 14.5. The molecule has 0 aliphatic rings. The number of hydrogen-bond acceptors (Lipinski definition) is 3. The summed E-state index contributed by atoms with van der Waals surface area (Å²) in [6.07, 6.45) is -1.02. The van der Waals surface area contributed by atoms with Gasteiger partial charge in [0.05, 0.1) is 11.3 Å². The molecule has 0 aromatic heterocycles. The average molecular weight is 323 g/mol. The van der Waals surface area contributed by atoms with E-state index in [9.17, 15) is 13.2 Å². The van der Waals surface area contributed by atoms with Gasteiger partial charge in [0.1, 0.15) is 0 Å². The summed E-state index contributed by atoms with van der Waals surface area (Å²) in [7, 11) is -4.20. The SMILES string of the molecule is O=C(O)CC(F)(NS(=O)(=O)c1ccccc1)c1ccccc1. The van der Waals surface area contributed by atoms with Crippen molar-refractivity contribution < 1.29 is 22.7 Å². The number of rotatable bonds is 6. The molecule has 7 heteroatoms. The van der Waals surface area contributed by atoms with Crippen molar-refractivity contribution >= 4 is 16.0 Å². The van der Waals surface area contributed by atoms with Crippen LogP contribution in [0.25, 0.3) is 0 Å². The van der Waals surface area contributed by atoms with Crippen molar-refractivity contribution in [3.63, 3.8) is 0 Å². The van der Waals surface area contributed by atoms with Gasteiger partial charge >= 0.3 is 5.97 Å². The van der Waals surface area contributed by atoms with E-state index in [1.165, 1.54) is 48.5 Å². The lowest BCUT2D eigenvalue weighted by Gasteiger charge is -2.25. The fourth-order valence-corrected chi connectivity index (χ4v) is 3.23. The molecule has 2 N–H and O–H groups in total. The van der Waals surface area contributed by atoms with Crippen LogP contribution in [-0.2, 0) is 20.6 Å². The van der Waals surface area contributed by atoms with Crippen molar-refractivity contribution in [3.8, 4) is 0 Å². The standard InChI is InChI=1S/C15H14FNO4S/c16-15(11-14(18)19,12-7-3-1-4-8-12)17-22(20,21)13-9-5-2-6-10-13/h1-10,17H,11H2,(H,18,19). The number of benzene rings is 2. The highest BCUT2D eigenvalue weighted by Crippen LogP contribution is 2.29. The highest BCUT2D eigenvalue weighted by molar-refractivity contribution is 7.89. The van der Waals surface area contributed by atoms with E-state index in [-0.39, 0.29) is 10.5 Å². The second kappa shape index (κ2) is 6.25. The topological polar surface area (TPSA) is 83.5 Å². The molecule has 1 atom stereocenters. The quantitative estimate of drug-likeness (QED) is 0.799. The molecule has 5 nitrogen and oxygen atoms in total. The van der Waals surface area contributed by atoms with Gasteiger partial charge in [-0.3, -0.25) is 4.79 Å². The van der Waals surface area contributed by atoms with Gasteiger partial charge in [-0.2, -0.15) is 4.72 Å². The number of alkyl halides is 1. The van der Waals surface area contributed by atoms with Gasteiger partial charge in [-0.25, -0.2) is 12.8 Å². The van der Waals surface area contributed by atoms with Crippen LogP contribution in [0.4, 0.5) is 4.39 Å². The van der Waals surface area contributed by atoms with Crippen molar-refractivity contribution in [1.82, 2.24) is 4.72 Å². The normalized spacial score (nSPS) is 14.2. The second-order valence-electron chi connectivity index (χ2n) is 4.66. The monoisotopic (exact) mass is 323 g/mol. The predicted octanol–water partition coefficient (Wildman–Crippen LogP) is 2.26. The van der Waals surface area contributed by atoms with Crippen molar-refractivity contribution in [3.05, 3.63) is 66.2 Å². The van der Waals surface area contributed by atoms with E-state index in [0.717, 1.165) is 0 Å². The third kappa shape index (κ3) is 3.69. The van der Waals surface area contributed by atoms with Crippen LogP contribution in [0.2, 0.25) is 0 Å².